The third kappa shape index (κ3) is 3.20. The van der Waals surface area contributed by atoms with Gasteiger partial charge in [-0.15, -0.1) is 10.2 Å². The van der Waals surface area contributed by atoms with E-state index >= 15 is 0 Å². The van der Waals surface area contributed by atoms with Gasteiger partial charge in [0.05, 0.1) is 12.6 Å². The van der Waals surface area contributed by atoms with Gasteiger partial charge in [-0.05, 0) is 43.7 Å². The summed E-state index contributed by atoms with van der Waals surface area (Å²) in [6.45, 7) is 4.29. The zero-order chi connectivity index (χ0) is 18.1. The fraction of sp³-hybridized carbons (Fsp3) is 0.444. The standard InChI is InChI=1S/C18H22N6O2/c1-12(25)20-14-6-4-13(5-7-14)18(26)23-9-10-24-16(11-23)21-22-17(24)15-3-2-8-19-15/h4-7,15,19H,2-3,8-11H2,1H3,(H,20,25). The van der Waals surface area contributed by atoms with Gasteiger partial charge in [0.1, 0.15) is 5.82 Å². The molecule has 26 heavy (non-hydrogen) atoms. The average Bonchev–Trinajstić information content (AvgIpc) is 3.30. The van der Waals surface area contributed by atoms with Crippen LogP contribution in [0, 0.1) is 0 Å². The van der Waals surface area contributed by atoms with Gasteiger partial charge in [-0.1, -0.05) is 0 Å². The minimum Gasteiger partial charge on any atom is -0.329 e. The van der Waals surface area contributed by atoms with Gasteiger partial charge in [0.25, 0.3) is 5.91 Å². The molecule has 2 aliphatic rings. The monoisotopic (exact) mass is 354 g/mol. The van der Waals surface area contributed by atoms with Crippen LogP contribution in [0.15, 0.2) is 24.3 Å². The molecule has 1 aromatic heterocycles. The summed E-state index contributed by atoms with van der Waals surface area (Å²) in [7, 11) is 0. The first-order valence-electron chi connectivity index (χ1n) is 8.94. The van der Waals surface area contributed by atoms with Gasteiger partial charge in [0, 0.05) is 31.3 Å². The smallest absolute Gasteiger partial charge is 0.254 e. The van der Waals surface area contributed by atoms with Crippen LogP contribution in [0.4, 0.5) is 5.69 Å². The fourth-order valence-electron chi connectivity index (χ4n) is 3.60. The second-order valence-corrected chi connectivity index (χ2v) is 6.76. The number of hydrogen-bond acceptors (Lipinski definition) is 5. The Bertz CT molecular complexity index is 823. The quantitative estimate of drug-likeness (QED) is 0.867. The van der Waals surface area contributed by atoms with Crippen molar-refractivity contribution in [3.63, 3.8) is 0 Å². The zero-order valence-corrected chi connectivity index (χ0v) is 14.7. The molecule has 2 aliphatic heterocycles. The molecule has 1 saturated heterocycles. The number of amides is 2. The second-order valence-electron chi connectivity index (χ2n) is 6.76. The van der Waals surface area contributed by atoms with E-state index in [0.29, 0.717) is 30.9 Å². The summed E-state index contributed by atoms with van der Waals surface area (Å²) in [5, 5.41) is 14.8. The Morgan fingerprint density at radius 3 is 2.69 bits per heavy atom. The van der Waals surface area contributed by atoms with Crippen molar-refractivity contribution < 1.29 is 9.59 Å². The Kier molecular flexibility index (Phi) is 4.42. The number of aromatic nitrogens is 3. The first-order valence-corrected chi connectivity index (χ1v) is 8.94. The molecule has 0 aliphatic carbocycles. The summed E-state index contributed by atoms with van der Waals surface area (Å²) in [5.74, 6) is 1.66. The van der Waals surface area contributed by atoms with Crippen LogP contribution in [0.2, 0.25) is 0 Å². The topological polar surface area (TPSA) is 92.2 Å². The van der Waals surface area contributed by atoms with Gasteiger partial charge >= 0.3 is 0 Å². The lowest BCUT2D eigenvalue weighted by Gasteiger charge is -2.28. The molecule has 1 unspecified atom stereocenters. The third-order valence-electron chi connectivity index (χ3n) is 4.89. The van der Waals surface area contributed by atoms with Crippen LogP contribution in [0.1, 0.15) is 47.8 Å². The van der Waals surface area contributed by atoms with Crippen LogP contribution in [0.25, 0.3) is 0 Å². The van der Waals surface area contributed by atoms with Crippen LogP contribution in [0.3, 0.4) is 0 Å². The van der Waals surface area contributed by atoms with Crippen LogP contribution in [-0.2, 0) is 17.9 Å². The van der Waals surface area contributed by atoms with Crippen molar-refractivity contribution in [1.82, 2.24) is 25.0 Å². The number of carbonyl (C=O) groups is 2. The maximum Gasteiger partial charge on any atom is 0.254 e. The highest BCUT2D eigenvalue weighted by molar-refractivity contribution is 5.95. The van der Waals surface area contributed by atoms with Crippen LogP contribution < -0.4 is 10.6 Å². The number of hydrogen-bond donors (Lipinski definition) is 2. The SMILES string of the molecule is CC(=O)Nc1ccc(C(=O)N2CCn3c(nnc3C3CCCN3)C2)cc1. The average molecular weight is 354 g/mol. The number of anilines is 1. The van der Waals surface area contributed by atoms with Crippen molar-refractivity contribution >= 4 is 17.5 Å². The highest BCUT2D eigenvalue weighted by Gasteiger charge is 2.29. The van der Waals surface area contributed by atoms with Crippen molar-refractivity contribution in [3.8, 4) is 0 Å². The molecule has 4 rings (SSSR count). The van der Waals surface area contributed by atoms with E-state index in [1.54, 1.807) is 29.2 Å². The zero-order valence-electron chi connectivity index (χ0n) is 14.7. The molecule has 2 aromatic rings. The Labute approximate surface area is 151 Å². The molecule has 2 N–H and O–H groups in total. The van der Waals surface area contributed by atoms with Crippen LogP contribution in [0.5, 0.6) is 0 Å². The van der Waals surface area contributed by atoms with Gasteiger partial charge in [-0.3, -0.25) is 9.59 Å². The van der Waals surface area contributed by atoms with Gasteiger partial charge < -0.3 is 20.1 Å². The number of nitrogens with zero attached hydrogens (tertiary/aromatic N) is 4. The molecule has 136 valence electrons. The van der Waals surface area contributed by atoms with E-state index in [2.05, 4.69) is 25.4 Å². The Balaban J connectivity index is 1.46. The fourth-order valence-corrected chi connectivity index (χ4v) is 3.60. The Hall–Kier alpha value is -2.74. The summed E-state index contributed by atoms with van der Waals surface area (Å²) < 4.78 is 2.15. The molecule has 2 amide bonds. The van der Waals surface area contributed by atoms with Crippen LogP contribution >= 0.6 is 0 Å². The molecule has 8 nitrogen and oxygen atoms in total. The van der Waals surface area contributed by atoms with E-state index in [1.807, 2.05) is 0 Å². The van der Waals surface area contributed by atoms with E-state index in [1.165, 1.54) is 6.92 Å². The molecule has 0 saturated carbocycles. The van der Waals surface area contributed by atoms with Crippen molar-refractivity contribution in [2.24, 2.45) is 0 Å². The molecule has 0 bridgehead atoms. The van der Waals surface area contributed by atoms with E-state index in [9.17, 15) is 9.59 Å². The van der Waals surface area contributed by atoms with Crippen molar-refractivity contribution in [2.75, 3.05) is 18.4 Å². The highest BCUT2D eigenvalue weighted by atomic mass is 16.2. The van der Waals surface area contributed by atoms with Crippen molar-refractivity contribution in [1.29, 1.82) is 0 Å². The second kappa shape index (κ2) is 6.87. The minimum absolute atomic E-state index is 0.0332. The van der Waals surface area contributed by atoms with Crippen molar-refractivity contribution in [2.45, 2.75) is 38.9 Å². The largest absolute Gasteiger partial charge is 0.329 e. The van der Waals surface area contributed by atoms with Crippen molar-refractivity contribution in [3.05, 3.63) is 41.5 Å². The third-order valence-corrected chi connectivity index (χ3v) is 4.89. The first-order chi connectivity index (χ1) is 12.6. The lowest BCUT2D eigenvalue weighted by molar-refractivity contribution is -0.114. The predicted molar refractivity (Wildman–Crippen MR) is 95.5 cm³/mol. The van der Waals surface area contributed by atoms with Gasteiger partial charge in [-0.2, -0.15) is 0 Å². The molecular formula is C18H22N6O2. The maximum absolute atomic E-state index is 12.8. The molecular weight excluding hydrogens is 332 g/mol. The lowest BCUT2D eigenvalue weighted by atomic mass is 10.1. The summed E-state index contributed by atoms with van der Waals surface area (Å²) >= 11 is 0. The molecule has 1 fully saturated rings. The van der Waals surface area contributed by atoms with E-state index in [-0.39, 0.29) is 17.9 Å². The van der Waals surface area contributed by atoms with E-state index < -0.39 is 0 Å². The summed E-state index contributed by atoms with van der Waals surface area (Å²) in [4.78, 5) is 25.7. The van der Waals surface area contributed by atoms with Gasteiger partial charge in [0.15, 0.2) is 5.82 Å². The van der Waals surface area contributed by atoms with Gasteiger partial charge in [0.2, 0.25) is 5.91 Å². The van der Waals surface area contributed by atoms with E-state index in [4.69, 9.17) is 0 Å². The predicted octanol–water partition coefficient (Wildman–Crippen LogP) is 1.32. The molecule has 1 aromatic carbocycles. The Morgan fingerprint density at radius 2 is 2.00 bits per heavy atom. The number of rotatable bonds is 3. The molecule has 1 atom stereocenters. The maximum atomic E-state index is 12.8. The number of fused-ring (bicyclic) bond motifs is 1. The molecule has 0 radical (unpaired) electrons. The summed E-state index contributed by atoms with van der Waals surface area (Å²) in [6, 6.07) is 7.23. The minimum atomic E-state index is -0.132. The summed E-state index contributed by atoms with van der Waals surface area (Å²) in [6.07, 6.45) is 2.24. The Morgan fingerprint density at radius 1 is 1.19 bits per heavy atom. The number of benzene rings is 1. The van der Waals surface area contributed by atoms with E-state index in [0.717, 1.165) is 31.0 Å². The molecule has 0 spiro atoms. The molecule has 8 heteroatoms. The van der Waals surface area contributed by atoms with Crippen LogP contribution in [-0.4, -0.2) is 44.6 Å². The number of carbonyl (C=O) groups excluding carboxylic acids is 2. The highest BCUT2D eigenvalue weighted by Crippen LogP contribution is 2.24. The number of nitrogens with one attached hydrogen (secondary N) is 2. The lowest BCUT2D eigenvalue weighted by Crippen LogP contribution is -2.39. The molecule has 3 heterocycles. The first kappa shape index (κ1) is 16.7. The normalized spacial score (nSPS) is 19.3. The summed E-state index contributed by atoms with van der Waals surface area (Å²) in [5.41, 5.74) is 1.28. The van der Waals surface area contributed by atoms with Gasteiger partial charge in [-0.25, -0.2) is 0 Å².